The third kappa shape index (κ3) is 8.04. The van der Waals surface area contributed by atoms with Gasteiger partial charge in [0.2, 0.25) is 5.91 Å². The number of ether oxygens (including phenoxy) is 1. The number of β-amino-alcohol motifs (C(OH)–C–C–N with tert-alkyl or cyclic N) is 1. The molecule has 0 heterocycles. The number of benzene rings is 1. The molecule has 1 saturated carbocycles. The predicted octanol–water partition coefficient (Wildman–Crippen LogP) is 2.31. The molecule has 1 aliphatic carbocycles. The second-order valence-corrected chi connectivity index (χ2v) is 9.54. The summed E-state index contributed by atoms with van der Waals surface area (Å²) in [5, 5.41) is 36.2. The van der Waals surface area contributed by atoms with Gasteiger partial charge in [-0.1, -0.05) is 0 Å². The Morgan fingerprint density at radius 3 is 2.48 bits per heavy atom. The lowest BCUT2D eigenvalue weighted by molar-refractivity contribution is -0.769. The van der Waals surface area contributed by atoms with Crippen molar-refractivity contribution in [3.05, 3.63) is 32.9 Å². The van der Waals surface area contributed by atoms with Crippen LogP contribution in [0, 0.1) is 36.8 Å². The van der Waals surface area contributed by atoms with Crippen LogP contribution in [0.5, 0.6) is 11.5 Å². The summed E-state index contributed by atoms with van der Waals surface area (Å²) in [6.45, 7) is 10.1. The minimum atomic E-state index is -0.771. The van der Waals surface area contributed by atoms with Crippen LogP contribution in [0.4, 0.5) is 0 Å². The molecule has 10 nitrogen and oxygen atoms in total. The fourth-order valence-corrected chi connectivity index (χ4v) is 3.89. The van der Waals surface area contributed by atoms with Crippen molar-refractivity contribution in [1.82, 2.24) is 10.6 Å². The number of nitrogens with one attached hydrogen (secondary N) is 2. The van der Waals surface area contributed by atoms with Crippen molar-refractivity contribution in [1.29, 1.82) is 0 Å². The van der Waals surface area contributed by atoms with E-state index in [1.165, 1.54) is 0 Å². The summed E-state index contributed by atoms with van der Waals surface area (Å²) in [6.07, 6.45) is 0.918. The minimum absolute atomic E-state index is 0.0677. The van der Waals surface area contributed by atoms with Crippen LogP contribution < -0.4 is 15.4 Å². The van der Waals surface area contributed by atoms with Gasteiger partial charge in [0.1, 0.15) is 30.3 Å². The van der Waals surface area contributed by atoms with Crippen LogP contribution in [0.3, 0.4) is 0 Å². The smallest absolute Gasteiger partial charge is 0.294 e. The molecule has 33 heavy (non-hydrogen) atoms. The number of aromatic hydroxyl groups is 1. The molecule has 0 radical (unpaired) electrons. The lowest BCUT2D eigenvalue weighted by Crippen LogP contribution is -2.52. The molecular formula is C23H37N3O7. The van der Waals surface area contributed by atoms with E-state index in [1.54, 1.807) is 13.0 Å². The Morgan fingerprint density at radius 1 is 1.24 bits per heavy atom. The normalized spacial score (nSPS) is 19.6. The lowest BCUT2D eigenvalue weighted by atomic mass is 9.86. The van der Waals surface area contributed by atoms with E-state index in [1.807, 2.05) is 27.7 Å². The summed E-state index contributed by atoms with van der Waals surface area (Å²) in [4.78, 5) is 27.5. The van der Waals surface area contributed by atoms with Crippen LogP contribution in [0.1, 0.15) is 56.2 Å². The zero-order valence-corrected chi connectivity index (χ0v) is 20.1. The third-order valence-corrected chi connectivity index (χ3v) is 6.24. The van der Waals surface area contributed by atoms with E-state index >= 15 is 0 Å². The molecule has 0 spiro atoms. The van der Waals surface area contributed by atoms with Crippen molar-refractivity contribution in [2.24, 2.45) is 5.92 Å². The van der Waals surface area contributed by atoms with Crippen LogP contribution >= 0.6 is 0 Å². The predicted molar refractivity (Wildman–Crippen MR) is 123 cm³/mol. The maximum Gasteiger partial charge on any atom is 0.294 e. The van der Waals surface area contributed by atoms with Crippen LogP contribution in [-0.2, 0) is 9.63 Å². The van der Waals surface area contributed by atoms with E-state index in [2.05, 4.69) is 15.5 Å². The Bertz CT molecular complexity index is 836. The van der Waals surface area contributed by atoms with Crippen molar-refractivity contribution in [3.63, 3.8) is 0 Å². The molecule has 0 saturated heterocycles. The SMILES string of the molecule is Cc1cc(OCC(O)CNC(C)(C)CNC(=O)C2CCC(O[N+](=O)[O-])CC2)c(C)c(C)c1O. The van der Waals surface area contributed by atoms with Crippen molar-refractivity contribution in [2.75, 3.05) is 19.7 Å². The Hall–Kier alpha value is -2.59. The molecule has 0 aromatic heterocycles. The molecule has 1 unspecified atom stereocenters. The molecule has 0 aliphatic heterocycles. The number of phenolic OH excluding ortho intramolecular Hbond substituents is 1. The van der Waals surface area contributed by atoms with Crippen molar-refractivity contribution >= 4 is 5.91 Å². The quantitative estimate of drug-likeness (QED) is 0.287. The van der Waals surface area contributed by atoms with E-state index in [0.29, 0.717) is 38.0 Å². The topological polar surface area (TPSA) is 143 Å². The molecule has 186 valence electrons. The second kappa shape index (κ2) is 11.5. The van der Waals surface area contributed by atoms with Gasteiger partial charge in [-0.2, -0.15) is 0 Å². The Labute approximate surface area is 194 Å². The summed E-state index contributed by atoms with van der Waals surface area (Å²) in [5.74, 6) is 0.643. The van der Waals surface area contributed by atoms with E-state index in [0.717, 1.165) is 16.7 Å². The molecule has 1 aromatic rings. The molecule has 1 fully saturated rings. The van der Waals surface area contributed by atoms with E-state index < -0.39 is 22.8 Å². The zero-order chi connectivity index (χ0) is 24.8. The number of amides is 1. The monoisotopic (exact) mass is 467 g/mol. The molecule has 1 atom stereocenters. The number of aryl methyl sites for hydroxylation is 1. The van der Waals surface area contributed by atoms with Gasteiger partial charge in [-0.25, -0.2) is 0 Å². The minimum Gasteiger partial charge on any atom is -0.507 e. The van der Waals surface area contributed by atoms with Crippen LogP contribution in [0.25, 0.3) is 0 Å². The molecule has 1 aliphatic rings. The van der Waals surface area contributed by atoms with Crippen LogP contribution in [0.15, 0.2) is 6.07 Å². The highest BCUT2D eigenvalue weighted by atomic mass is 17.0. The van der Waals surface area contributed by atoms with Gasteiger partial charge in [0.05, 0.1) is 0 Å². The molecule has 1 aromatic carbocycles. The van der Waals surface area contributed by atoms with E-state index in [-0.39, 0.29) is 30.7 Å². The zero-order valence-electron chi connectivity index (χ0n) is 20.1. The first kappa shape index (κ1) is 26.7. The summed E-state index contributed by atoms with van der Waals surface area (Å²) in [7, 11) is 0. The third-order valence-electron chi connectivity index (χ3n) is 6.24. The highest BCUT2D eigenvalue weighted by Gasteiger charge is 2.29. The summed E-state index contributed by atoms with van der Waals surface area (Å²) >= 11 is 0. The van der Waals surface area contributed by atoms with Gasteiger partial charge in [0.15, 0.2) is 0 Å². The molecule has 10 heteroatoms. The fourth-order valence-electron chi connectivity index (χ4n) is 3.89. The van der Waals surface area contributed by atoms with E-state index in [9.17, 15) is 25.1 Å². The fraction of sp³-hybridized carbons (Fsp3) is 0.696. The van der Waals surface area contributed by atoms with Crippen LogP contribution in [-0.4, -0.2) is 58.7 Å². The molecular weight excluding hydrogens is 430 g/mol. The first-order chi connectivity index (χ1) is 15.4. The first-order valence-corrected chi connectivity index (χ1v) is 11.3. The second-order valence-electron chi connectivity index (χ2n) is 9.54. The maximum absolute atomic E-state index is 12.5. The van der Waals surface area contributed by atoms with Crippen molar-refractivity contribution in [2.45, 2.75) is 78.0 Å². The maximum atomic E-state index is 12.5. The molecule has 2 rings (SSSR count). The number of rotatable bonds is 11. The van der Waals surface area contributed by atoms with Gasteiger partial charge in [0.25, 0.3) is 5.09 Å². The number of nitrogens with zero attached hydrogens (tertiary/aromatic N) is 1. The number of carbonyl (C=O) groups is 1. The summed E-state index contributed by atoms with van der Waals surface area (Å²) < 4.78 is 5.77. The van der Waals surface area contributed by atoms with Gasteiger partial charge in [-0.05, 0) is 83.1 Å². The van der Waals surface area contributed by atoms with Crippen LogP contribution in [0.2, 0.25) is 0 Å². The van der Waals surface area contributed by atoms with Crippen molar-refractivity contribution in [3.8, 4) is 11.5 Å². The number of aliphatic hydroxyl groups excluding tert-OH is 1. The van der Waals surface area contributed by atoms with Crippen molar-refractivity contribution < 1.29 is 29.7 Å². The number of carbonyl (C=O) groups excluding carboxylic acids is 1. The largest absolute Gasteiger partial charge is 0.507 e. The van der Waals surface area contributed by atoms with Gasteiger partial charge in [-0.15, -0.1) is 10.1 Å². The van der Waals surface area contributed by atoms with Gasteiger partial charge < -0.3 is 30.4 Å². The molecule has 0 bridgehead atoms. The van der Waals surface area contributed by atoms with Gasteiger partial charge in [-0.3, -0.25) is 4.79 Å². The van der Waals surface area contributed by atoms with Gasteiger partial charge in [0, 0.05) is 24.5 Å². The number of phenols is 1. The standard InChI is InChI=1S/C23H37N3O7/c1-14-10-20(15(2)16(3)21(14)28)32-12-18(27)11-25-23(4,5)13-24-22(29)17-6-8-19(9-7-17)33-26(30)31/h10,17-19,25,27-28H,6-9,11-13H2,1-5H3,(H,24,29). The number of hydrogen-bond donors (Lipinski definition) is 4. The Balaban J connectivity index is 1.73. The Morgan fingerprint density at radius 2 is 1.88 bits per heavy atom. The highest BCUT2D eigenvalue weighted by Crippen LogP contribution is 2.32. The summed E-state index contributed by atoms with van der Waals surface area (Å²) in [5.41, 5.74) is 1.86. The number of hydrogen-bond acceptors (Lipinski definition) is 8. The first-order valence-electron chi connectivity index (χ1n) is 11.3. The Kier molecular flexibility index (Phi) is 9.30. The molecule has 4 N–H and O–H groups in total. The average Bonchev–Trinajstić information content (AvgIpc) is 2.76. The van der Waals surface area contributed by atoms with E-state index in [4.69, 9.17) is 4.74 Å². The lowest BCUT2D eigenvalue weighted by Gasteiger charge is -2.30. The number of aliphatic hydroxyl groups is 1. The summed E-state index contributed by atoms with van der Waals surface area (Å²) in [6, 6.07) is 1.76. The van der Waals surface area contributed by atoms with Gasteiger partial charge >= 0.3 is 0 Å². The average molecular weight is 468 g/mol. The highest BCUT2D eigenvalue weighted by molar-refractivity contribution is 5.78. The molecule has 1 amide bonds.